The van der Waals surface area contributed by atoms with E-state index in [9.17, 15) is 19.2 Å². The first kappa shape index (κ1) is 46.3. The number of ether oxygens (including phenoxy) is 3. The number of benzene rings is 4. The van der Waals surface area contributed by atoms with Gasteiger partial charge >= 0.3 is 5.97 Å². The van der Waals surface area contributed by atoms with Gasteiger partial charge in [-0.15, -0.1) is 0 Å². The molecule has 3 unspecified atom stereocenters. The molecule has 11 heteroatoms. The summed E-state index contributed by atoms with van der Waals surface area (Å²) in [6, 6.07) is 30.3. The molecule has 0 bridgehead atoms. The third kappa shape index (κ3) is 10.5. The Kier molecular flexibility index (Phi) is 15.5. The number of carbonyl (C=O) groups excluding carboxylic acids is 4. The summed E-state index contributed by atoms with van der Waals surface area (Å²) in [5.41, 5.74) is 4.70. The van der Waals surface area contributed by atoms with Crippen LogP contribution in [0, 0.1) is 0 Å². The van der Waals surface area contributed by atoms with Gasteiger partial charge in [0.25, 0.3) is 0 Å². The van der Waals surface area contributed by atoms with Crippen molar-refractivity contribution >= 4 is 34.7 Å². The van der Waals surface area contributed by atoms with Crippen molar-refractivity contribution in [1.82, 2.24) is 9.80 Å². The predicted octanol–water partition coefficient (Wildman–Crippen LogP) is 7.45. The van der Waals surface area contributed by atoms with Crippen molar-refractivity contribution in [2.75, 3.05) is 90.6 Å². The molecule has 62 heavy (non-hydrogen) atoms. The summed E-state index contributed by atoms with van der Waals surface area (Å²) in [5, 5.41) is 0. The van der Waals surface area contributed by atoms with Crippen molar-refractivity contribution in [2.45, 2.75) is 70.1 Å². The van der Waals surface area contributed by atoms with Crippen molar-refractivity contribution in [2.24, 2.45) is 0 Å². The number of esters is 1. The van der Waals surface area contributed by atoms with E-state index in [0.29, 0.717) is 74.4 Å². The largest absolute Gasteiger partial charge is 0.459 e. The molecule has 0 radical (unpaired) electrons. The standard InChI is InChI=1S/C51H64N4O7/c1-8-50(52(4)5,47(57)41-18-22-44(23-19-41)54-26-30-60-31-27-54)35-38-10-14-40(15-11-38)46(56)34-37(3)62-49(59)43-16-12-39(13-17-43)36-51(9-2,53(6)7)48(58)42-20-24-45(25-21-42)55-28-32-61-33-29-55/h10-25,37H,8-9,26-36H2,1-7H3. The lowest BCUT2D eigenvalue weighted by Crippen LogP contribution is -2.52. The highest BCUT2D eigenvalue weighted by atomic mass is 16.5. The second-order valence-electron chi connectivity index (χ2n) is 17.1. The lowest BCUT2D eigenvalue weighted by molar-refractivity contribution is 0.0325. The summed E-state index contributed by atoms with van der Waals surface area (Å²) in [4.78, 5) is 63.5. The molecule has 330 valence electrons. The maximum atomic E-state index is 14.2. The van der Waals surface area contributed by atoms with Gasteiger partial charge in [0.2, 0.25) is 0 Å². The van der Waals surface area contributed by atoms with E-state index in [4.69, 9.17) is 14.2 Å². The minimum atomic E-state index is -0.783. The van der Waals surface area contributed by atoms with Gasteiger partial charge in [-0.05, 0) is 133 Å². The van der Waals surface area contributed by atoms with Crippen LogP contribution in [0.4, 0.5) is 11.4 Å². The van der Waals surface area contributed by atoms with Crippen LogP contribution < -0.4 is 9.80 Å². The Morgan fingerprint density at radius 1 is 0.565 bits per heavy atom. The van der Waals surface area contributed by atoms with Crippen LogP contribution in [0.15, 0.2) is 97.1 Å². The lowest BCUT2D eigenvalue weighted by Gasteiger charge is -2.38. The number of nitrogens with zero attached hydrogens (tertiary/aromatic N) is 4. The van der Waals surface area contributed by atoms with Crippen LogP contribution in [0.3, 0.4) is 0 Å². The van der Waals surface area contributed by atoms with E-state index >= 15 is 0 Å². The van der Waals surface area contributed by atoms with Crippen molar-refractivity contribution < 1.29 is 33.4 Å². The Bertz CT molecular complexity index is 1970. The van der Waals surface area contributed by atoms with E-state index < -0.39 is 23.2 Å². The van der Waals surface area contributed by atoms with Crippen LogP contribution in [0.2, 0.25) is 0 Å². The molecule has 2 heterocycles. The number of carbonyl (C=O) groups is 4. The lowest BCUT2D eigenvalue weighted by atomic mass is 9.80. The summed E-state index contributed by atoms with van der Waals surface area (Å²) in [6.07, 6.45) is 1.52. The molecule has 4 aromatic rings. The van der Waals surface area contributed by atoms with E-state index in [1.165, 1.54) is 0 Å². The normalized spacial score (nSPS) is 17.0. The molecule has 11 nitrogen and oxygen atoms in total. The molecule has 4 aromatic carbocycles. The maximum absolute atomic E-state index is 14.2. The number of anilines is 2. The molecule has 0 N–H and O–H groups in total. The number of morpholine rings is 2. The quantitative estimate of drug-likeness (QED) is 0.0694. The van der Waals surface area contributed by atoms with Gasteiger partial charge in [0.05, 0.1) is 43.1 Å². The van der Waals surface area contributed by atoms with E-state index in [0.717, 1.165) is 48.7 Å². The minimum Gasteiger partial charge on any atom is -0.459 e. The number of Topliss-reactive ketones (excluding diaryl/α,β-unsaturated/α-hetero) is 3. The number of ketones is 3. The summed E-state index contributed by atoms with van der Waals surface area (Å²) in [7, 11) is 7.75. The smallest absolute Gasteiger partial charge is 0.338 e. The van der Waals surface area contributed by atoms with Crippen LogP contribution in [0.25, 0.3) is 0 Å². The molecule has 2 saturated heterocycles. The van der Waals surface area contributed by atoms with Gasteiger partial charge in [0, 0.05) is 60.7 Å². The molecular weight excluding hydrogens is 781 g/mol. The van der Waals surface area contributed by atoms with Crippen LogP contribution in [-0.2, 0) is 27.1 Å². The highest BCUT2D eigenvalue weighted by Crippen LogP contribution is 2.31. The number of hydrogen-bond donors (Lipinski definition) is 0. The van der Waals surface area contributed by atoms with Crippen molar-refractivity contribution in [1.29, 1.82) is 0 Å². The summed E-state index contributed by atoms with van der Waals surface area (Å²) >= 11 is 0. The monoisotopic (exact) mass is 844 g/mol. The topological polar surface area (TPSA) is 109 Å². The summed E-state index contributed by atoms with van der Waals surface area (Å²) in [5.74, 6) is -0.548. The third-order valence-electron chi connectivity index (χ3n) is 13.0. The highest BCUT2D eigenvalue weighted by molar-refractivity contribution is 6.04. The molecule has 0 aromatic heterocycles. The Morgan fingerprint density at radius 3 is 1.27 bits per heavy atom. The molecule has 3 atom stereocenters. The summed E-state index contributed by atoms with van der Waals surface area (Å²) in [6.45, 7) is 11.9. The van der Waals surface area contributed by atoms with Gasteiger partial charge in [0.1, 0.15) is 6.10 Å². The van der Waals surface area contributed by atoms with Crippen LogP contribution in [0.1, 0.15) is 92.6 Å². The fourth-order valence-electron chi connectivity index (χ4n) is 8.83. The number of rotatable bonds is 19. The molecule has 0 aliphatic carbocycles. The Labute approximate surface area is 367 Å². The number of likely N-dealkylation sites (N-methyl/N-ethyl adjacent to an activating group) is 2. The number of hydrogen-bond acceptors (Lipinski definition) is 11. The predicted molar refractivity (Wildman–Crippen MR) is 245 cm³/mol. The van der Waals surface area contributed by atoms with Gasteiger partial charge in [-0.3, -0.25) is 24.2 Å². The fraction of sp³-hybridized carbons (Fsp3) is 0.451. The van der Waals surface area contributed by atoms with Gasteiger partial charge in [-0.2, -0.15) is 0 Å². The molecule has 2 aliphatic heterocycles. The SMILES string of the molecule is CCC(Cc1ccc(C(=O)CC(C)OC(=O)c2ccc(CC(CC)(C(=O)c3ccc(N4CCOCC4)cc3)N(C)C)cc2)cc1)(C(=O)c1ccc(N2CCOCC2)cc1)N(C)C. The molecule has 2 fully saturated rings. The first-order chi connectivity index (χ1) is 29.8. The van der Waals surface area contributed by atoms with E-state index in [2.05, 4.69) is 9.80 Å². The molecule has 6 rings (SSSR count). The second kappa shape index (κ2) is 20.8. The van der Waals surface area contributed by atoms with E-state index in [1.807, 2.05) is 125 Å². The zero-order chi connectivity index (χ0) is 44.4. The molecule has 0 amide bonds. The zero-order valence-corrected chi connectivity index (χ0v) is 37.7. The molecule has 2 aliphatic rings. The maximum Gasteiger partial charge on any atom is 0.338 e. The van der Waals surface area contributed by atoms with Crippen LogP contribution in [-0.4, -0.2) is 131 Å². The van der Waals surface area contributed by atoms with Crippen molar-refractivity contribution in [3.05, 3.63) is 130 Å². The van der Waals surface area contributed by atoms with Crippen LogP contribution in [0.5, 0.6) is 0 Å². The Hall–Kier alpha value is -5.20. The fourth-order valence-corrected chi connectivity index (χ4v) is 8.83. The molecule has 0 spiro atoms. The average molecular weight is 845 g/mol. The minimum absolute atomic E-state index is 0.0239. The van der Waals surface area contributed by atoms with Crippen molar-refractivity contribution in [3.8, 4) is 0 Å². The third-order valence-corrected chi connectivity index (χ3v) is 13.0. The highest BCUT2D eigenvalue weighted by Gasteiger charge is 2.41. The molecule has 0 saturated carbocycles. The zero-order valence-electron chi connectivity index (χ0n) is 37.7. The van der Waals surface area contributed by atoms with Crippen LogP contribution >= 0.6 is 0 Å². The van der Waals surface area contributed by atoms with Gasteiger partial charge in [0.15, 0.2) is 17.3 Å². The van der Waals surface area contributed by atoms with E-state index in [-0.39, 0.29) is 23.8 Å². The molecular formula is C51H64N4O7. The average Bonchev–Trinajstić information content (AvgIpc) is 3.30. The van der Waals surface area contributed by atoms with Gasteiger partial charge in [-0.1, -0.05) is 50.2 Å². The van der Waals surface area contributed by atoms with Gasteiger partial charge in [-0.25, -0.2) is 4.79 Å². The van der Waals surface area contributed by atoms with E-state index in [1.54, 1.807) is 31.2 Å². The van der Waals surface area contributed by atoms with Gasteiger partial charge < -0.3 is 24.0 Å². The second-order valence-corrected chi connectivity index (χ2v) is 17.1. The first-order valence-electron chi connectivity index (χ1n) is 22.0. The Balaban J connectivity index is 1.04. The summed E-state index contributed by atoms with van der Waals surface area (Å²) < 4.78 is 16.7. The van der Waals surface area contributed by atoms with Crippen molar-refractivity contribution in [3.63, 3.8) is 0 Å². The first-order valence-corrected chi connectivity index (χ1v) is 22.0. The Morgan fingerprint density at radius 2 is 0.919 bits per heavy atom.